The van der Waals surface area contributed by atoms with Crippen molar-refractivity contribution in [3.8, 4) is 0 Å². The zero-order valence-corrected chi connectivity index (χ0v) is 19.9. The number of carbonyl (C=O) groups is 1. The molecule has 3 aliphatic carbocycles. The fraction of sp³-hybridized carbons (Fsp3) is 0.840. The SMILES string of the molecule is CC(C)CC(=S)NCC1CC[C@H]2[C@@H]3CCC4N(C)C(=O)C=C[C@]4(C)[C@@H]3CC[C@]12C. The Kier molecular flexibility index (Phi) is 5.63. The lowest BCUT2D eigenvalue weighted by Gasteiger charge is -2.60. The summed E-state index contributed by atoms with van der Waals surface area (Å²) in [4.78, 5) is 15.3. The van der Waals surface area contributed by atoms with Crippen molar-refractivity contribution in [2.24, 2.45) is 40.4 Å². The van der Waals surface area contributed by atoms with Gasteiger partial charge in [-0.25, -0.2) is 0 Å². The molecule has 1 heterocycles. The Morgan fingerprint density at radius 1 is 1.21 bits per heavy atom. The summed E-state index contributed by atoms with van der Waals surface area (Å²) in [7, 11) is 2.01. The van der Waals surface area contributed by atoms with E-state index in [0.717, 1.165) is 48.0 Å². The monoisotopic (exact) mass is 416 g/mol. The zero-order chi connectivity index (χ0) is 21.0. The van der Waals surface area contributed by atoms with Crippen LogP contribution in [0.4, 0.5) is 0 Å². The van der Waals surface area contributed by atoms with Gasteiger partial charge in [0.1, 0.15) is 0 Å². The second-order valence-electron chi connectivity index (χ2n) is 11.3. The van der Waals surface area contributed by atoms with Crippen LogP contribution in [0.2, 0.25) is 0 Å². The molecule has 0 spiro atoms. The summed E-state index contributed by atoms with van der Waals surface area (Å²) in [5.74, 6) is 3.93. The number of fused-ring (bicyclic) bond motifs is 5. The molecule has 0 bridgehead atoms. The van der Waals surface area contributed by atoms with E-state index in [1.54, 1.807) is 0 Å². The van der Waals surface area contributed by atoms with Gasteiger partial charge in [-0.15, -0.1) is 0 Å². The highest BCUT2D eigenvalue weighted by Gasteiger charge is 2.60. The smallest absolute Gasteiger partial charge is 0.246 e. The minimum absolute atomic E-state index is 0.155. The topological polar surface area (TPSA) is 32.3 Å². The first kappa shape index (κ1) is 21.3. The molecule has 3 fully saturated rings. The minimum atomic E-state index is 0.155. The van der Waals surface area contributed by atoms with Gasteiger partial charge in [-0.05, 0) is 79.6 Å². The Hall–Kier alpha value is -0.900. The molecule has 4 rings (SSSR count). The predicted molar refractivity (Wildman–Crippen MR) is 124 cm³/mol. The molecular weight excluding hydrogens is 376 g/mol. The van der Waals surface area contributed by atoms with E-state index >= 15 is 0 Å². The summed E-state index contributed by atoms with van der Waals surface area (Å²) < 4.78 is 0. The van der Waals surface area contributed by atoms with Gasteiger partial charge >= 0.3 is 0 Å². The lowest BCUT2D eigenvalue weighted by Crippen LogP contribution is -2.59. The highest BCUT2D eigenvalue weighted by molar-refractivity contribution is 7.80. The fourth-order valence-corrected chi connectivity index (χ4v) is 8.28. The number of amides is 1. The lowest BCUT2D eigenvalue weighted by molar-refractivity contribution is -0.138. The van der Waals surface area contributed by atoms with Crippen LogP contribution in [0.3, 0.4) is 0 Å². The number of nitrogens with one attached hydrogen (secondary N) is 1. The normalized spacial score (nSPS) is 43.7. The van der Waals surface area contributed by atoms with Gasteiger partial charge in [0.25, 0.3) is 0 Å². The van der Waals surface area contributed by atoms with Crippen LogP contribution in [0, 0.1) is 40.4 Å². The number of thiocarbonyl (C=S) groups is 1. The molecule has 29 heavy (non-hydrogen) atoms. The largest absolute Gasteiger partial charge is 0.379 e. The molecule has 1 N–H and O–H groups in total. The number of likely N-dealkylation sites (N-methyl/N-ethyl adjacent to an activating group) is 1. The van der Waals surface area contributed by atoms with Gasteiger partial charge in [0, 0.05) is 31.5 Å². The molecule has 3 saturated carbocycles. The van der Waals surface area contributed by atoms with Crippen LogP contribution in [-0.4, -0.2) is 35.4 Å². The Bertz CT molecular complexity index is 703. The maximum atomic E-state index is 12.2. The molecule has 1 amide bonds. The Labute approximate surface area is 183 Å². The van der Waals surface area contributed by atoms with Crippen LogP contribution >= 0.6 is 12.2 Å². The molecule has 0 aromatic rings. The number of carbonyl (C=O) groups excluding carboxylic acids is 1. The van der Waals surface area contributed by atoms with Crippen molar-refractivity contribution in [2.75, 3.05) is 13.6 Å². The first-order valence-corrected chi connectivity index (χ1v) is 12.3. The van der Waals surface area contributed by atoms with Gasteiger partial charge < -0.3 is 10.2 Å². The highest BCUT2D eigenvalue weighted by Crippen LogP contribution is 2.65. The average Bonchev–Trinajstić information content (AvgIpc) is 2.99. The Morgan fingerprint density at radius 3 is 2.69 bits per heavy atom. The van der Waals surface area contributed by atoms with Gasteiger partial charge in [-0.2, -0.15) is 0 Å². The third-order valence-corrected chi connectivity index (χ3v) is 9.77. The first-order chi connectivity index (χ1) is 13.7. The second kappa shape index (κ2) is 7.66. The fourth-order valence-electron chi connectivity index (χ4n) is 7.86. The molecule has 0 saturated heterocycles. The molecule has 0 radical (unpaired) electrons. The van der Waals surface area contributed by atoms with Gasteiger partial charge in [0.2, 0.25) is 5.91 Å². The van der Waals surface area contributed by atoms with Gasteiger partial charge in [0.05, 0.1) is 4.99 Å². The molecule has 4 aliphatic rings. The summed E-state index contributed by atoms with van der Waals surface area (Å²) in [6.07, 6.45) is 13.0. The van der Waals surface area contributed by atoms with Crippen molar-refractivity contribution < 1.29 is 4.79 Å². The molecule has 3 nitrogen and oxygen atoms in total. The van der Waals surface area contributed by atoms with Crippen LogP contribution < -0.4 is 5.32 Å². The van der Waals surface area contributed by atoms with E-state index in [1.165, 1.54) is 32.1 Å². The lowest BCUT2D eigenvalue weighted by atomic mass is 9.47. The molecule has 4 heteroatoms. The average molecular weight is 417 g/mol. The van der Waals surface area contributed by atoms with Crippen molar-refractivity contribution >= 4 is 23.1 Å². The van der Waals surface area contributed by atoms with Crippen molar-refractivity contribution in [1.82, 2.24) is 10.2 Å². The van der Waals surface area contributed by atoms with E-state index in [-0.39, 0.29) is 11.3 Å². The molecule has 162 valence electrons. The van der Waals surface area contributed by atoms with Crippen LogP contribution in [0.15, 0.2) is 12.2 Å². The second-order valence-corrected chi connectivity index (χ2v) is 11.8. The quantitative estimate of drug-likeness (QED) is 0.639. The van der Waals surface area contributed by atoms with Crippen molar-refractivity contribution in [1.29, 1.82) is 0 Å². The van der Waals surface area contributed by atoms with Crippen LogP contribution in [-0.2, 0) is 4.79 Å². The van der Waals surface area contributed by atoms with Crippen LogP contribution in [0.1, 0.15) is 72.6 Å². The standard InChI is InChI=1S/C25H40N2OS/c1-16(2)14-22(29)26-15-17-6-8-19-18-7-9-21-25(4,13-11-23(28)27(21)5)20(18)10-12-24(17,19)3/h11,13,16-21H,6-10,12,14-15H2,1-5H3,(H,26,29)/t17?,18-,19-,20+,21?,24+,25+/m0/s1. The number of rotatable bonds is 4. The molecular formula is C25H40N2OS. The van der Waals surface area contributed by atoms with Crippen LogP contribution in [0.25, 0.3) is 0 Å². The van der Waals surface area contributed by atoms with E-state index in [0.29, 0.717) is 17.4 Å². The molecule has 1 aliphatic heterocycles. The highest BCUT2D eigenvalue weighted by atomic mass is 32.1. The molecule has 0 aromatic carbocycles. The minimum Gasteiger partial charge on any atom is -0.379 e. The molecule has 0 aromatic heterocycles. The van der Waals surface area contributed by atoms with Gasteiger partial charge in [-0.1, -0.05) is 46.0 Å². The van der Waals surface area contributed by atoms with Crippen LogP contribution in [0.5, 0.6) is 0 Å². The van der Waals surface area contributed by atoms with E-state index in [1.807, 2.05) is 18.0 Å². The Morgan fingerprint density at radius 2 is 1.97 bits per heavy atom. The van der Waals surface area contributed by atoms with E-state index < -0.39 is 0 Å². The molecule has 2 unspecified atom stereocenters. The predicted octanol–water partition coefficient (Wildman–Crippen LogP) is 5.21. The number of nitrogens with zero attached hydrogens (tertiary/aromatic N) is 1. The summed E-state index contributed by atoms with van der Waals surface area (Å²) in [6, 6.07) is 0.387. The van der Waals surface area contributed by atoms with Crippen molar-refractivity contribution in [3.05, 3.63) is 12.2 Å². The van der Waals surface area contributed by atoms with E-state index in [9.17, 15) is 4.79 Å². The molecule has 7 atom stereocenters. The first-order valence-electron chi connectivity index (χ1n) is 11.9. The number of hydrogen-bond donors (Lipinski definition) is 1. The van der Waals surface area contributed by atoms with E-state index in [4.69, 9.17) is 12.2 Å². The number of hydrogen-bond acceptors (Lipinski definition) is 2. The third kappa shape index (κ3) is 3.47. The van der Waals surface area contributed by atoms with Crippen molar-refractivity contribution in [3.63, 3.8) is 0 Å². The summed E-state index contributed by atoms with van der Waals surface area (Å²) in [5.41, 5.74) is 0.604. The van der Waals surface area contributed by atoms with Gasteiger partial charge in [0.15, 0.2) is 0 Å². The maximum Gasteiger partial charge on any atom is 0.246 e. The van der Waals surface area contributed by atoms with Crippen molar-refractivity contribution in [2.45, 2.75) is 78.7 Å². The summed E-state index contributed by atoms with van der Waals surface area (Å²) in [5, 5.41) is 3.63. The zero-order valence-electron chi connectivity index (χ0n) is 19.0. The summed E-state index contributed by atoms with van der Waals surface area (Å²) in [6.45, 7) is 10.6. The van der Waals surface area contributed by atoms with E-state index in [2.05, 4.69) is 39.1 Å². The van der Waals surface area contributed by atoms with Gasteiger partial charge in [-0.3, -0.25) is 4.79 Å². The summed E-state index contributed by atoms with van der Waals surface area (Å²) >= 11 is 5.59. The Balaban J connectivity index is 1.49. The maximum absolute atomic E-state index is 12.2. The third-order valence-electron chi connectivity index (χ3n) is 9.46.